The van der Waals surface area contributed by atoms with E-state index in [1.54, 1.807) is 43.0 Å². The molecular formula is C16H26N4O4S. The fourth-order valence-electron chi connectivity index (χ4n) is 2.60. The Kier molecular flexibility index (Phi) is 6.10. The quantitative estimate of drug-likeness (QED) is 0.782. The molecule has 0 radical (unpaired) electrons. The maximum absolute atomic E-state index is 11.9. The van der Waals surface area contributed by atoms with Gasteiger partial charge in [-0.1, -0.05) is 0 Å². The predicted octanol–water partition coefficient (Wildman–Crippen LogP) is 1.39. The Morgan fingerprint density at radius 3 is 2.40 bits per heavy atom. The van der Waals surface area contributed by atoms with Crippen molar-refractivity contribution in [3.8, 4) is 5.88 Å². The second-order valence-electron chi connectivity index (χ2n) is 6.20. The van der Waals surface area contributed by atoms with Crippen LogP contribution in [0.2, 0.25) is 0 Å². The summed E-state index contributed by atoms with van der Waals surface area (Å²) in [5, 5.41) is 0. The third-order valence-electron chi connectivity index (χ3n) is 4.25. The van der Waals surface area contributed by atoms with Crippen LogP contribution < -0.4 is 9.04 Å². The van der Waals surface area contributed by atoms with E-state index in [1.165, 1.54) is 17.5 Å². The van der Waals surface area contributed by atoms with Crippen molar-refractivity contribution in [2.24, 2.45) is 0 Å². The van der Waals surface area contributed by atoms with Gasteiger partial charge in [-0.15, -0.1) is 0 Å². The lowest BCUT2D eigenvalue weighted by atomic mass is 10.1. The molecule has 0 spiro atoms. The number of hydrogen-bond donors (Lipinski definition) is 0. The zero-order valence-electron chi connectivity index (χ0n) is 15.2. The third kappa shape index (κ3) is 4.75. The van der Waals surface area contributed by atoms with Crippen LogP contribution in [0.3, 0.4) is 0 Å². The first-order valence-corrected chi connectivity index (χ1v) is 9.91. The number of likely N-dealkylation sites (tertiary alicyclic amines) is 1. The van der Waals surface area contributed by atoms with Crippen molar-refractivity contribution in [3.05, 3.63) is 18.3 Å². The molecular weight excluding hydrogens is 344 g/mol. The van der Waals surface area contributed by atoms with Crippen LogP contribution in [0, 0.1) is 0 Å². The topological polar surface area (TPSA) is 83.0 Å². The number of sulfonamides is 1. The average Bonchev–Trinajstić information content (AvgIpc) is 2.61. The zero-order chi connectivity index (χ0) is 18.6. The van der Waals surface area contributed by atoms with Gasteiger partial charge in [0.05, 0.1) is 17.6 Å². The molecule has 0 bridgehead atoms. The summed E-state index contributed by atoms with van der Waals surface area (Å²) < 4.78 is 30.8. The molecule has 25 heavy (non-hydrogen) atoms. The molecule has 1 saturated heterocycles. The van der Waals surface area contributed by atoms with Crippen LogP contribution in [0.4, 0.5) is 10.5 Å². The van der Waals surface area contributed by atoms with Crippen molar-refractivity contribution < 1.29 is 17.9 Å². The molecule has 9 heteroatoms. The van der Waals surface area contributed by atoms with E-state index in [0.29, 0.717) is 24.7 Å². The monoisotopic (exact) mass is 370 g/mol. The van der Waals surface area contributed by atoms with Gasteiger partial charge in [0.1, 0.15) is 6.10 Å². The van der Waals surface area contributed by atoms with Gasteiger partial charge >= 0.3 is 6.03 Å². The number of aromatic nitrogens is 1. The lowest BCUT2D eigenvalue weighted by Crippen LogP contribution is -2.46. The van der Waals surface area contributed by atoms with Crippen molar-refractivity contribution in [3.63, 3.8) is 0 Å². The van der Waals surface area contributed by atoms with E-state index in [-0.39, 0.29) is 17.9 Å². The lowest BCUT2D eigenvalue weighted by molar-refractivity contribution is 0.0983. The van der Waals surface area contributed by atoms with Gasteiger partial charge in [0.25, 0.3) is 0 Å². The van der Waals surface area contributed by atoms with Gasteiger partial charge < -0.3 is 14.5 Å². The van der Waals surface area contributed by atoms with Crippen molar-refractivity contribution >= 4 is 21.7 Å². The van der Waals surface area contributed by atoms with E-state index < -0.39 is 10.0 Å². The highest BCUT2D eigenvalue weighted by molar-refractivity contribution is 7.92. The highest BCUT2D eigenvalue weighted by atomic mass is 32.2. The van der Waals surface area contributed by atoms with Crippen LogP contribution in [0.1, 0.15) is 19.8 Å². The van der Waals surface area contributed by atoms with E-state index in [1.807, 2.05) is 0 Å². The smallest absolute Gasteiger partial charge is 0.319 e. The van der Waals surface area contributed by atoms with Crippen molar-refractivity contribution in [1.29, 1.82) is 0 Å². The number of carbonyl (C=O) groups excluding carboxylic acids is 1. The highest BCUT2D eigenvalue weighted by Crippen LogP contribution is 2.21. The van der Waals surface area contributed by atoms with Crippen LogP contribution in [-0.4, -0.2) is 75.3 Å². The number of nitrogens with zero attached hydrogens (tertiary/aromatic N) is 4. The van der Waals surface area contributed by atoms with Gasteiger partial charge in [0.2, 0.25) is 15.9 Å². The van der Waals surface area contributed by atoms with Gasteiger partial charge in [-0.2, -0.15) is 0 Å². The maximum Gasteiger partial charge on any atom is 0.319 e. The molecule has 1 aromatic heterocycles. The first-order valence-electron chi connectivity index (χ1n) is 8.30. The Labute approximate surface area is 149 Å². The second kappa shape index (κ2) is 7.90. The van der Waals surface area contributed by atoms with Crippen molar-refractivity contribution in [1.82, 2.24) is 14.8 Å². The van der Waals surface area contributed by atoms with Gasteiger partial charge in [-0.25, -0.2) is 18.2 Å². The zero-order valence-corrected chi connectivity index (χ0v) is 16.0. The number of hydrogen-bond acceptors (Lipinski definition) is 5. The number of urea groups is 1. The minimum Gasteiger partial charge on any atom is -0.474 e. The largest absolute Gasteiger partial charge is 0.474 e. The van der Waals surface area contributed by atoms with E-state index in [4.69, 9.17) is 4.74 Å². The Morgan fingerprint density at radius 1 is 1.28 bits per heavy atom. The molecule has 2 heterocycles. The Hall–Kier alpha value is -2.03. The molecule has 0 aromatic carbocycles. The standard InChI is InChI=1S/C16H26N4O4S/c1-5-25(22,23)19(4)13-6-7-15(17-12-13)24-14-8-10-20(11-9-14)16(21)18(2)3/h6-7,12,14H,5,8-11H2,1-4H3. The van der Waals surface area contributed by atoms with Gasteiger partial charge in [-0.3, -0.25) is 4.31 Å². The van der Waals surface area contributed by atoms with Crippen LogP contribution in [0.15, 0.2) is 18.3 Å². The number of ether oxygens (including phenoxy) is 1. The SMILES string of the molecule is CCS(=O)(=O)N(C)c1ccc(OC2CCN(C(=O)N(C)C)CC2)nc1. The number of rotatable bonds is 5. The summed E-state index contributed by atoms with van der Waals surface area (Å²) in [4.78, 5) is 19.5. The highest BCUT2D eigenvalue weighted by Gasteiger charge is 2.25. The second-order valence-corrected chi connectivity index (χ2v) is 8.49. The Morgan fingerprint density at radius 2 is 1.92 bits per heavy atom. The lowest BCUT2D eigenvalue weighted by Gasteiger charge is -2.33. The summed E-state index contributed by atoms with van der Waals surface area (Å²) in [7, 11) is 1.69. The molecule has 2 rings (SSSR count). The van der Waals surface area contributed by atoms with Crippen LogP contribution >= 0.6 is 0 Å². The number of anilines is 1. The summed E-state index contributed by atoms with van der Waals surface area (Å²) in [6.07, 6.45) is 2.98. The van der Waals surface area contributed by atoms with Gasteiger partial charge in [0.15, 0.2) is 0 Å². The molecule has 140 valence electrons. The average molecular weight is 370 g/mol. The fraction of sp³-hybridized carbons (Fsp3) is 0.625. The van der Waals surface area contributed by atoms with Crippen molar-refractivity contribution in [2.75, 3.05) is 44.3 Å². The molecule has 0 aliphatic carbocycles. The summed E-state index contributed by atoms with van der Waals surface area (Å²) in [6, 6.07) is 3.37. The summed E-state index contributed by atoms with van der Waals surface area (Å²) in [5.74, 6) is 0.495. The van der Waals surface area contributed by atoms with Crippen LogP contribution in [0.5, 0.6) is 5.88 Å². The molecule has 1 aliphatic heterocycles. The Balaban J connectivity index is 1.91. The summed E-state index contributed by atoms with van der Waals surface area (Å²) in [6.45, 7) is 2.90. The molecule has 1 fully saturated rings. The number of amides is 2. The normalized spacial score (nSPS) is 15.8. The molecule has 1 aliphatic rings. The third-order valence-corrected chi connectivity index (χ3v) is 6.02. The van der Waals surface area contributed by atoms with Crippen LogP contribution in [-0.2, 0) is 10.0 Å². The summed E-state index contributed by atoms with van der Waals surface area (Å²) in [5.41, 5.74) is 0.501. The van der Waals surface area contributed by atoms with Crippen LogP contribution in [0.25, 0.3) is 0 Å². The van der Waals surface area contributed by atoms with Crippen molar-refractivity contribution in [2.45, 2.75) is 25.9 Å². The number of pyridine rings is 1. The fourth-order valence-corrected chi connectivity index (χ4v) is 3.42. The molecule has 0 unspecified atom stereocenters. The first kappa shape index (κ1) is 19.3. The molecule has 1 aromatic rings. The minimum absolute atomic E-state index is 0.00154. The van der Waals surface area contributed by atoms with E-state index >= 15 is 0 Å². The molecule has 0 saturated carbocycles. The van der Waals surface area contributed by atoms with E-state index in [2.05, 4.69) is 4.98 Å². The maximum atomic E-state index is 11.9. The van der Waals surface area contributed by atoms with Gasteiger partial charge in [0, 0.05) is 53.1 Å². The molecule has 2 amide bonds. The number of piperidine rings is 1. The van der Waals surface area contributed by atoms with Gasteiger partial charge in [-0.05, 0) is 13.0 Å². The predicted molar refractivity (Wildman–Crippen MR) is 96.4 cm³/mol. The first-order chi connectivity index (χ1) is 11.7. The Bertz CT molecular complexity index is 683. The van der Waals surface area contributed by atoms with E-state index in [0.717, 1.165) is 12.8 Å². The minimum atomic E-state index is -3.30. The van der Waals surface area contributed by atoms with E-state index in [9.17, 15) is 13.2 Å². The number of carbonyl (C=O) groups is 1. The molecule has 0 atom stereocenters. The summed E-state index contributed by atoms with van der Waals surface area (Å²) >= 11 is 0. The molecule has 8 nitrogen and oxygen atoms in total. The molecule has 0 N–H and O–H groups in total.